The summed E-state index contributed by atoms with van der Waals surface area (Å²) in [5.41, 5.74) is 5.93. The van der Waals surface area contributed by atoms with Crippen LogP contribution in [0.2, 0.25) is 0 Å². The number of esters is 2. The van der Waals surface area contributed by atoms with Crippen molar-refractivity contribution in [2.75, 3.05) is 26.6 Å². The van der Waals surface area contributed by atoms with Gasteiger partial charge in [0, 0.05) is 24.4 Å². The Balaban J connectivity index is 0. The topological polar surface area (TPSA) is 151 Å². The maximum atomic E-state index is 12.0. The fourth-order valence-corrected chi connectivity index (χ4v) is 4.13. The summed E-state index contributed by atoms with van der Waals surface area (Å²) < 4.78 is 31.9. The summed E-state index contributed by atoms with van der Waals surface area (Å²) in [4.78, 5) is 27.2. The lowest BCUT2D eigenvalue weighted by molar-refractivity contribution is -0.146. The number of pyridine rings is 1. The van der Waals surface area contributed by atoms with E-state index in [0.29, 0.717) is 37.7 Å². The summed E-state index contributed by atoms with van der Waals surface area (Å²) in [6, 6.07) is 15.3. The van der Waals surface area contributed by atoms with Crippen molar-refractivity contribution < 1.29 is 48.1 Å². The molecule has 0 amide bonds. The molecular weight excluding hydrogens is 637 g/mol. The van der Waals surface area contributed by atoms with Gasteiger partial charge in [-0.15, -0.1) is 4.67 Å². The lowest BCUT2D eigenvalue weighted by Gasteiger charge is -2.22. The molecule has 2 N–H and O–H groups in total. The molecule has 12 heteroatoms. The van der Waals surface area contributed by atoms with Crippen LogP contribution in [0.5, 0.6) is 11.6 Å². The van der Waals surface area contributed by atoms with E-state index in [-0.39, 0.29) is 37.8 Å². The van der Waals surface area contributed by atoms with Crippen molar-refractivity contribution in [3.63, 3.8) is 0 Å². The Morgan fingerprint density at radius 2 is 1.44 bits per heavy atom. The fraction of sp³-hybridized carbons (Fsp3) is 0.472. The minimum atomic E-state index is -0.696. The van der Waals surface area contributed by atoms with Crippen LogP contribution in [0.15, 0.2) is 54.7 Å². The first-order chi connectivity index (χ1) is 22.3. The van der Waals surface area contributed by atoms with Crippen LogP contribution in [-0.2, 0) is 39.5 Å². The number of ether oxygens (including phenoxy) is 4. The molecule has 268 valence electrons. The van der Waals surface area contributed by atoms with Gasteiger partial charge < -0.3 is 24.1 Å². The van der Waals surface area contributed by atoms with Gasteiger partial charge in [0.1, 0.15) is 5.75 Å². The zero-order chi connectivity index (χ0) is 35.8. The molecule has 1 heterocycles. The van der Waals surface area contributed by atoms with Gasteiger partial charge >= 0.3 is 20.6 Å². The third kappa shape index (κ3) is 19.7. The van der Waals surface area contributed by atoms with E-state index in [1.54, 1.807) is 19.2 Å². The van der Waals surface area contributed by atoms with Crippen LogP contribution in [0.25, 0.3) is 0 Å². The monoisotopic (exact) mass is 691 g/mol. The average molecular weight is 692 g/mol. The number of benzene rings is 2. The standard InChI is InChI=1S/C15H22O3.C11H14O2.C9H13NO2.CH4.HO3P/c1-6-18-15(17)13(9(2)3)14-11(5)7-10(4)8-12(14)16;1-3-13-11(12)8-10-6-4-9(2)5-7-10;1-3-11-7-12-9-5-4-8(2)6-10-9;;1-3-4-2/h7-9,13,16H,6H2,1-5H3;4-7H,3,8H2,1-2H3;4-6H,3,7H2,1-2H3;1H4;1H. The highest BCUT2D eigenvalue weighted by atomic mass is 31.1. The Morgan fingerprint density at radius 3 is 1.90 bits per heavy atom. The number of aromatic hydroxyl groups is 1. The molecule has 11 nitrogen and oxygen atoms in total. The van der Waals surface area contributed by atoms with Crippen LogP contribution in [0, 0.1) is 33.6 Å². The number of phenolic OH excluding ortho intramolecular Hbond substituents is 1. The first kappa shape index (κ1) is 46.2. The predicted octanol–water partition coefficient (Wildman–Crippen LogP) is 8.49. The second-order valence-electron chi connectivity index (χ2n) is 10.5. The summed E-state index contributed by atoms with van der Waals surface area (Å²) >= 11 is 0. The molecule has 0 aliphatic heterocycles. The van der Waals surface area contributed by atoms with Gasteiger partial charge in [-0.25, -0.2) is 14.8 Å². The number of nitrogens with zero attached hydrogens (tertiary/aromatic N) is 1. The van der Waals surface area contributed by atoms with Gasteiger partial charge in [0.25, 0.3) is 0 Å². The third-order valence-corrected chi connectivity index (χ3v) is 6.28. The van der Waals surface area contributed by atoms with Crippen molar-refractivity contribution in [3.05, 3.63) is 88.1 Å². The second kappa shape index (κ2) is 27.1. The molecule has 0 fully saturated rings. The number of hydrogen-bond donors (Lipinski definition) is 2. The molecule has 0 saturated carbocycles. The largest absolute Gasteiger partial charge is 0.508 e. The molecule has 3 rings (SSSR count). The van der Waals surface area contributed by atoms with Crippen molar-refractivity contribution in [1.82, 2.24) is 4.98 Å². The van der Waals surface area contributed by atoms with Crippen molar-refractivity contribution in [1.29, 1.82) is 0 Å². The Kier molecular flexibility index (Phi) is 26.1. The molecule has 3 aromatic rings. The van der Waals surface area contributed by atoms with Gasteiger partial charge in [-0.2, -0.15) is 0 Å². The van der Waals surface area contributed by atoms with Crippen LogP contribution < -0.4 is 4.74 Å². The van der Waals surface area contributed by atoms with Crippen molar-refractivity contribution in [2.24, 2.45) is 5.92 Å². The highest BCUT2D eigenvalue weighted by Gasteiger charge is 2.29. The third-order valence-electron chi connectivity index (χ3n) is 6.21. The predicted molar refractivity (Wildman–Crippen MR) is 187 cm³/mol. The van der Waals surface area contributed by atoms with Crippen molar-refractivity contribution in [3.8, 4) is 11.6 Å². The fourth-order valence-electron chi connectivity index (χ4n) is 4.13. The van der Waals surface area contributed by atoms with E-state index in [2.05, 4.69) is 9.66 Å². The maximum absolute atomic E-state index is 12.0. The lowest BCUT2D eigenvalue weighted by Crippen LogP contribution is -2.22. The summed E-state index contributed by atoms with van der Waals surface area (Å²) in [5.74, 6) is 0.0244. The first-order valence-electron chi connectivity index (χ1n) is 15.3. The number of carbonyl (C=O) groups excluding carboxylic acids is 2. The van der Waals surface area contributed by atoms with Crippen LogP contribution in [0.3, 0.4) is 0 Å². The smallest absolute Gasteiger partial charge is 0.358 e. The van der Waals surface area contributed by atoms with E-state index in [9.17, 15) is 14.7 Å². The zero-order valence-corrected chi connectivity index (χ0v) is 29.8. The van der Waals surface area contributed by atoms with Gasteiger partial charge in [0.15, 0.2) is 6.79 Å². The Morgan fingerprint density at radius 1 is 0.854 bits per heavy atom. The zero-order valence-electron chi connectivity index (χ0n) is 28.9. The normalized spacial score (nSPS) is 10.5. The SMILES string of the molecule is C.CCOC(=O)C(c1c(C)cc(C)cc1O)C(C)C.CCOC(=O)Cc1ccc(C)cc1.CCOCOc1ccc(C)cn1.O=POO. The molecular formula is C36H54NO10P. The van der Waals surface area contributed by atoms with Crippen LogP contribution in [0.4, 0.5) is 0 Å². The lowest BCUT2D eigenvalue weighted by atomic mass is 9.84. The van der Waals surface area contributed by atoms with E-state index in [1.165, 1.54) is 5.56 Å². The van der Waals surface area contributed by atoms with Gasteiger partial charge in [-0.05, 0) is 82.7 Å². The molecule has 1 unspecified atom stereocenters. The quantitative estimate of drug-likeness (QED) is 0.0470. The summed E-state index contributed by atoms with van der Waals surface area (Å²) in [5, 5.41) is 17.2. The Hall–Kier alpha value is -3.89. The number of phenols is 1. The van der Waals surface area contributed by atoms with E-state index in [4.69, 9.17) is 28.8 Å². The number of rotatable bonds is 12. The minimum absolute atomic E-state index is 0. The van der Waals surface area contributed by atoms with E-state index in [0.717, 1.165) is 22.3 Å². The molecule has 0 aliphatic rings. The van der Waals surface area contributed by atoms with E-state index < -0.39 is 14.6 Å². The average Bonchev–Trinajstić information content (AvgIpc) is 3.02. The Labute approximate surface area is 287 Å². The highest BCUT2D eigenvalue weighted by molar-refractivity contribution is 7.17. The molecule has 0 spiro atoms. The number of hydrogen-bond acceptors (Lipinski definition) is 11. The number of aryl methyl sites for hydroxylation is 4. The molecule has 1 atom stereocenters. The van der Waals surface area contributed by atoms with Gasteiger partial charge in [0.2, 0.25) is 5.88 Å². The molecule has 0 radical (unpaired) electrons. The number of carbonyl (C=O) groups is 2. The summed E-state index contributed by atoms with van der Waals surface area (Å²) in [6.45, 7) is 19.0. The highest BCUT2D eigenvalue weighted by Crippen LogP contribution is 2.35. The second-order valence-corrected chi connectivity index (χ2v) is 10.9. The molecule has 1 aromatic heterocycles. The summed E-state index contributed by atoms with van der Waals surface area (Å²) in [6.07, 6.45) is 2.13. The minimum Gasteiger partial charge on any atom is -0.508 e. The van der Waals surface area contributed by atoms with Crippen LogP contribution in [0.1, 0.15) is 81.3 Å². The van der Waals surface area contributed by atoms with E-state index in [1.807, 2.05) is 97.9 Å². The van der Waals surface area contributed by atoms with E-state index >= 15 is 0 Å². The van der Waals surface area contributed by atoms with Crippen LogP contribution in [-0.4, -0.2) is 53.9 Å². The molecule has 0 bridgehead atoms. The van der Waals surface area contributed by atoms with Gasteiger partial charge in [-0.3, -0.25) is 9.59 Å². The molecule has 0 saturated heterocycles. The Bertz CT molecular complexity index is 1290. The van der Waals surface area contributed by atoms with Crippen molar-refractivity contribution in [2.45, 2.75) is 82.1 Å². The molecule has 2 aromatic carbocycles. The number of aromatic nitrogens is 1. The van der Waals surface area contributed by atoms with Gasteiger partial charge in [-0.1, -0.05) is 63.2 Å². The van der Waals surface area contributed by atoms with Crippen molar-refractivity contribution >= 4 is 20.6 Å². The molecule has 0 aliphatic carbocycles. The summed E-state index contributed by atoms with van der Waals surface area (Å²) in [7, 11) is -0.696. The van der Waals surface area contributed by atoms with Crippen LogP contribution >= 0.6 is 8.69 Å². The molecule has 48 heavy (non-hydrogen) atoms. The van der Waals surface area contributed by atoms with Gasteiger partial charge in [0.05, 0.1) is 25.6 Å². The maximum Gasteiger partial charge on any atom is 0.358 e. The first-order valence-corrected chi connectivity index (χ1v) is 16.0.